The van der Waals surface area contributed by atoms with Gasteiger partial charge in [0.1, 0.15) is 0 Å². The molecule has 0 spiro atoms. The van der Waals surface area contributed by atoms with Gasteiger partial charge in [-0.25, -0.2) is 0 Å². The van der Waals surface area contributed by atoms with Gasteiger partial charge in [-0.15, -0.1) is 12.4 Å². The summed E-state index contributed by atoms with van der Waals surface area (Å²) in [4.78, 5) is 0. The molecule has 86 valence electrons. The Morgan fingerprint density at radius 2 is 0.923 bits per heavy atom. The van der Waals surface area contributed by atoms with Crippen molar-refractivity contribution >= 4 is 33.2 Å². The molecule has 8 N–H and O–H groups in total. The van der Waals surface area contributed by atoms with Crippen LogP contribution < -0.4 is 12.3 Å². The first kappa shape index (κ1) is 23.1. The molecule has 0 aromatic heterocycles. The summed E-state index contributed by atoms with van der Waals surface area (Å²) in [5.41, 5.74) is 0. The Hall–Kier alpha value is -0.0500. The molecule has 0 amide bonds. The summed E-state index contributed by atoms with van der Waals surface area (Å²) < 4.78 is 58.9. The first-order valence-electron chi connectivity index (χ1n) is 1.53. The van der Waals surface area contributed by atoms with Crippen molar-refractivity contribution < 1.29 is 34.6 Å². The third-order valence-electron chi connectivity index (χ3n) is 0.200. The molecule has 0 heterocycles. The van der Waals surface area contributed by atoms with Crippen LogP contribution in [0.15, 0.2) is 0 Å². The summed E-state index contributed by atoms with van der Waals surface area (Å²) in [6.45, 7) is 0. The second-order valence-electron chi connectivity index (χ2n) is 0.992. The summed E-state index contributed by atoms with van der Waals surface area (Å²) in [6.07, 6.45) is 0. The van der Waals surface area contributed by atoms with Crippen molar-refractivity contribution in [2.75, 3.05) is 0 Å². The summed E-state index contributed by atoms with van der Waals surface area (Å²) in [6, 6.07) is 0. The molecule has 0 radical (unpaired) electrons. The van der Waals surface area contributed by atoms with Crippen molar-refractivity contribution in [3.8, 4) is 0 Å². The monoisotopic (exact) mass is 264 g/mol. The van der Waals surface area contributed by atoms with Crippen LogP contribution in [0.5, 0.6) is 0 Å². The molecular formula is H9ClN2O8S2. The van der Waals surface area contributed by atoms with Gasteiger partial charge in [0.15, 0.2) is 0 Å². The van der Waals surface area contributed by atoms with Crippen LogP contribution in [0.2, 0.25) is 0 Å². The van der Waals surface area contributed by atoms with E-state index in [1.54, 1.807) is 0 Å². The van der Waals surface area contributed by atoms with Crippen molar-refractivity contribution in [2.24, 2.45) is 0 Å². The quantitative estimate of drug-likeness (QED) is 0.287. The molecule has 0 saturated heterocycles. The summed E-state index contributed by atoms with van der Waals surface area (Å²) in [7, 11) is -10.0. The normalized spacial score (nSPS) is 10.3. The van der Waals surface area contributed by atoms with Gasteiger partial charge in [-0.05, 0) is 0 Å². The molecule has 0 aromatic carbocycles. The Bertz CT molecular complexity index is 256. The van der Waals surface area contributed by atoms with Crippen LogP contribution in [0.4, 0.5) is 0 Å². The molecule has 0 saturated carbocycles. The van der Waals surface area contributed by atoms with E-state index in [4.69, 9.17) is 9.11 Å². The van der Waals surface area contributed by atoms with Gasteiger partial charge in [-0.1, -0.05) is 8.67 Å². The summed E-state index contributed by atoms with van der Waals surface area (Å²) in [5, 5.41) is 0. The lowest BCUT2D eigenvalue weighted by Gasteiger charge is -1.92. The minimum atomic E-state index is -5.02. The lowest BCUT2D eigenvalue weighted by atomic mass is 14.0. The lowest BCUT2D eigenvalue weighted by Crippen LogP contribution is -2.10. The van der Waals surface area contributed by atoms with E-state index in [1.165, 1.54) is 0 Å². The van der Waals surface area contributed by atoms with Crippen LogP contribution in [0.3, 0.4) is 0 Å². The van der Waals surface area contributed by atoms with Gasteiger partial charge in [-0.3, -0.25) is 9.11 Å². The van der Waals surface area contributed by atoms with Gasteiger partial charge in [-0.2, -0.15) is 16.8 Å². The van der Waals surface area contributed by atoms with Crippen LogP contribution in [0.1, 0.15) is 0 Å². The van der Waals surface area contributed by atoms with E-state index in [2.05, 4.69) is 8.67 Å². The topological polar surface area (TPSA) is 197 Å². The smallest absolute Gasteiger partial charge is 0.344 e. The molecule has 0 aliphatic carbocycles. The Balaban J connectivity index is -0.000000135. The highest BCUT2D eigenvalue weighted by molar-refractivity contribution is 7.83. The standard InChI is InChI=1S/ClH.2H3N.H2O8S2/c;;;1-9(2,3)7-8-10(4,5)6/h1H;2*1H3;(H,1,2,3)(H,4,5,6). The largest absolute Gasteiger partial charge is 0.425 e. The third-order valence-corrected chi connectivity index (χ3v) is 0.766. The van der Waals surface area contributed by atoms with Gasteiger partial charge in [0.05, 0.1) is 0 Å². The van der Waals surface area contributed by atoms with E-state index in [1.807, 2.05) is 0 Å². The Morgan fingerprint density at radius 1 is 0.769 bits per heavy atom. The van der Waals surface area contributed by atoms with E-state index in [0.717, 1.165) is 0 Å². The number of rotatable bonds is 3. The minimum absolute atomic E-state index is 0. The maximum atomic E-state index is 9.51. The highest BCUT2D eigenvalue weighted by Crippen LogP contribution is 1.92. The highest BCUT2D eigenvalue weighted by atomic mass is 35.5. The van der Waals surface area contributed by atoms with Crippen LogP contribution in [-0.4, -0.2) is 25.9 Å². The van der Waals surface area contributed by atoms with E-state index in [-0.39, 0.29) is 24.7 Å². The molecule has 0 aromatic rings. The van der Waals surface area contributed by atoms with Crippen molar-refractivity contribution in [1.29, 1.82) is 0 Å². The number of hydrogen-bond donors (Lipinski definition) is 4. The summed E-state index contributed by atoms with van der Waals surface area (Å²) >= 11 is 0. The van der Waals surface area contributed by atoms with E-state index < -0.39 is 20.8 Å². The Labute approximate surface area is 80.6 Å². The van der Waals surface area contributed by atoms with Gasteiger partial charge in [0, 0.05) is 0 Å². The van der Waals surface area contributed by atoms with Gasteiger partial charge < -0.3 is 12.3 Å². The Kier molecular flexibility index (Phi) is 13.1. The molecule has 0 fully saturated rings. The van der Waals surface area contributed by atoms with E-state index in [9.17, 15) is 16.8 Å². The van der Waals surface area contributed by atoms with E-state index in [0.29, 0.717) is 0 Å². The second-order valence-corrected chi connectivity index (χ2v) is 2.97. The average Bonchev–Trinajstić information content (AvgIpc) is 1.57. The molecule has 0 rings (SSSR count). The highest BCUT2D eigenvalue weighted by Gasteiger charge is 2.13. The SMILES string of the molecule is Cl.N.N.O=S(=O)(O)OOS(=O)(=O)O. The fourth-order valence-electron chi connectivity index (χ4n) is 0.0702. The van der Waals surface area contributed by atoms with Crippen LogP contribution in [0, 0.1) is 0 Å². The lowest BCUT2D eigenvalue weighted by molar-refractivity contribution is -0.105. The van der Waals surface area contributed by atoms with Gasteiger partial charge >= 0.3 is 20.8 Å². The molecular weight excluding hydrogens is 256 g/mol. The summed E-state index contributed by atoms with van der Waals surface area (Å²) in [5.74, 6) is 0. The molecule has 13 heteroatoms. The zero-order chi connectivity index (χ0) is 8.41. The first-order valence-corrected chi connectivity index (χ1v) is 4.26. The maximum absolute atomic E-state index is 9.51. The predicted molar refractivity (Wildman–Crippen MR) is 42.6 cm³/mol. The van der Waals surface area contributed by atoms with Crippen molar-refractivity contribution in [1.82, 2.24) is 12.3 Å². The molecule has 0 atom stereocenters. The van der Waals surface area contributed by atoms with Crippen LogP contribution >= 0.6 is 12.4 Å². The van der Waals surface area contributed by atoms with Crippen molar-refractivity contribution in [3.05, 3.63) is 0 Å². The fourth-order valence-corrected chi connectivity index (χ4v) is 0.632. The molecule has 0 unspecified atom stereocenters. The molecule has 10 nitrogen and oxygen atoms in total. The first-order chi connectivity index (χ1) is 4.21. The van der Waals surface area contributed by atoms with Crippen LogP contribution in [-0.2, 0) is 29.5 Å². The minimum Gasteiger partial charge on any atom is -0.344 e. The van der Waals surface area contributed by atoms with Gasteiger partial charge in [0.25, 0.3) is 0 Å². The zero-order valence-corrected chi connectivity index (χ0v) is 8.43. The molecule has 0 bridgehead atoms. The second kappa shape index (κ2) is 7.36. The third kappa shape index (κ3) is 24.5. The predicted octanol–water partition coefficient (Wildman–Crippen LogP) is -0.714. The zero-order valence-electron chi connectivity index (χ0n) is 5.98. The van der Waals surface area contributed by atoms with E-state index >= 15 is 0 Å². The Morgan fingerprint density at radius 3 is 1.00 bits per heavy atom. The average molecular weight is 265 g/mol. The van der Waals surface area contributed by atoms with Crippen molar-refractivity contribution in [2.45, 2.75) is 0 Å². The number of hydrogen-bond acceptors (Lipinski definition) is 8. The molecule has 0 aliphatic rings. The molecule has 0 aliphatic heterocycles. The maximum Gasteiger partial charge on any atom is 0.425 e. The van der Waals surface area contributed by atoms with Crippen LogP contribution in [0.25, 0.3) is 0 Å². The number of halogens is 1. The van der Waals surface area contributed by atoms with Crippen molar-refractivity contribution in [3.63, 3.8) is 0 Å². The van der Waals surface area contributed by atoms with Gasteiger partial charge in [0.2, 0.25) is 0 Å². The molecule has 13 heavy (non-hydrogen) atoms. The fraction of sp³-hybridized carbons (Fsp3) is 0.